The summed E-state index contributed by atoms with van der Waals surface area (Å²) in [6.45, 7) is 3.68. The van der Waals surface area contributed by atoms with Crippen LogP contribution >= 0.6 is 0 Å². The van der Waals surface area contributed by atoms with Crippen molar-refractivity contribution in [1.29, 1.82) is 0 Å². The molecule has 0 amide bonds. The molecule has 0 aromatic rings. The number of hydrogen-bond donors (Lipinski definition) is 0. The summed E-state index contributed by atoms with van der Waals surface area (Å²) < 4.78 is 5.30. The largest absolute Gasteiger partial charge is 0.458 e. The molecule has 2 atom stereocenters. The average Bonchev–Trinajstić information content (AvgIpc) is 2.50. The number of carbonyl (C=O) groups is 2. The van der Waals surface area contributed by atoms with Crippen LogP contribution in [0.3, 0.4) is 0 Å². The van der Waals surface area contributed by atoms with Crippen molar-refractivity contribution in [1.82, 2.24) is 0 Å². The van der Waals surface area contributed by atoms with Crippen molar-refractivity contribution in [3.05, 3.63) is 11.1 Å². The third-order valence-electron chi connectivity index (χ3n) is 4.47. The van der Waals surface area contributed by atoms with E-state index in [0.29, 0.717) is 0 Å². The highest BCUT2D eigenvalue weighted by Crippen LogP contribution is 2.48. The van der Waals surface area contributed by atoms with Gasteiger partial charge in [0.25, 0.3) is 0 Å². The van der Waals surface area contributed by atoms with Crippen molar-refractivity contribution in [3.63, 3.8) is 0 Å². The minimum Gasteiger partial charge on any atom is -0.458 e. The van der Waals surface area contributed by atoms with Gasteiger partial charge in [-0.2, -0.15) is 0 Å². The fourth-order valence-electron chi connectivity index (χ4n) is 3.48. The number of esters is 1. The Morgan fingerprint density at radius 1 is 1.33 bits per heavy atom. The molecule has 100 valence electrons. The van der Waals surface area contributed by atoms with Crippen molar-refractivity contribution >= 4 is 12.3 Å². The molecular weight excluding hydrogens is 228 g/mol. The van der Waals surface area contributed by atoms with Crippen LogP contribution < -0.4 is 0 Å². The number of aldehydes is 1. The van der Waals surface area contributed by atoms with E-state index in [9.17, 15) is 9.59 Å². The predicted molar refractivity (Wildman–Crippen MR) is 69.1 cm³/mol. The van der Waals surface area contributed by atoms with Gasteiger partial charge in [0.2, 0.25) is 0 Å². The molecule has 3 nitrogen and oxygen atoms in total. The summed E-state index contributed by atoms with van der Waals surface area (Å²) in [6.07, 6.45) is 8.20. The van der Waals surface area contributed by atoms with Crippen LogP contribution in [0.2, 0.25) is 0 Å². The van der Waals surface area contributed by atoms with E-state index in [0.717, 1.165) is 44.0 Å². The van der Waals surface area contributed by atoms with Crippen molar-refractivity contribution < 1.29 is 14.3 Å². The van der Waals surface area contributed by atoms with Crippen molar-refractivity contribution in [2.75, 3.05) is 0 Å². The van der Waals surface area contributed by atoms with E-state index in [1.165, 1.54) is 25.3 Å². The van der Waals surface area contributed by atoms with Crippen LogP contribution in [0.25, 0.3) is 0 Å². The van der Waals surface area contributed by atoms with Gasteiger partial charge in [-0.3, -0.25) is 9.59 Å². The first kappa shape index (κ1) is 13.3. The second-order valence-electron chi connectivity index (χ2n) is 5.81. The SMILES string of the molecule is CC(=O)O[C@H]1CC[C@@]2(C)CCCCCC2=C1C=O. The number of allylic oxidation sites excluding steroid dienone is 1. The van der Waals surface area contributed by atoms with E-state index < -0.39 is 0 Å². The van der Waals surface area contributed by atoms with Crippen LogP contribution in [0, 0.1) is 5.41 Å². The Hall–Kier alpha value is -1.12. The minimum absolute atomic E-state index is 0.156. The normalized spacial score (nSPS) is 32.4. The first-order chi connectivity index (χ1) is 8.57. The fraction of sp³-hybridized carbons (Fsp3) is 0.733. The lowest BCUT2D eigenvalue weighted by Crippen LogP contribution is -2.33. The fourth-order valence-corrected chi connectivity index (χ4v) is 3.48. The van der Waals surface area contributed by atoms with Crippen LogP contribution in [0.4, 0.5) is 0 Å². The van der Waals surface area contributed by atoms with Gasteiger partial charge < -0.3 is 4.74 Å². The summed E-state index contributed by atoms with van der Waals surface area (Å²) in [5, 5.41) is 0. The molecule has 2 rings (SSSR count). The van der Waals surface area contributed by atoms with E-state index in [4.69, 9.17) is 4.74 Å². The zero-order chi connectivity index (χ0) is 13.2. The van der Waals surface area contributed by atoms with Gasteiger partial charge in [-0.1, -0.05) is 25.3 Å². The molecule has 1 fully saturated rings. The second-order valence-corrected chi connectivity index (χ2v) is 5.81. The van der Waals surface area contributed by atoms with Gasteiger partial charge in [0.15, 0.2) is 0 Å². The lowest BCUT2D eigenvalue weighted by molar-refractivity contribution is -0.145. The Morgan fingerprint density at radius 3 is 2.78 bits per heavy atom. The number of rotatable bonds is 2. The summed E-state index contributed by atoms with van der Waals surface area (Å²) in [5.74, 6) is -0.294. The Morgan fingerprint density at radius 2 is 2.11 bits per heavy atom. The highest BCUT2D eigenvalue weighted by atomic mass is 16.5. The van der Waals surface area contributed by atoms with Crippen molar-refractivity contribution in [2.45, 2.75) is 64.9 Å². The molecule has 1 saturated carbocycles. The average molecular weight is 250 g/mol. The van der Waals surface area contributed by atoms with Gasteiger partial charge in [-0.25, -0.2) is 0 Å². The van der Waals surface area contributed by atoms with Gasteiger partial charge in [0.1, 0.15) is 12.4 Å². The standard InChI is InChI=1S/C15H22O3/c1-11(17)18-14-7-9-15(2)8-5-3-4-6-13(15)12(14)10-16/h10,14H,3-9H2,1-2H3/t14-,15+/m0/s1. The van der Waals surface area contributed by atoms with Crippen LogP contribution in [0.1, 0.15) is 58.8 Å². The Bertz CT molecular complexity index is 383. The maximum Gasteiger partial charge on any atom is 0.303 e. The molecule has 0 unspecified atom stereocenters. The molecule has 0 saturated heterocycles. The van der Waals surface area contributed by atoms with Gasteiger partial charge in [0, 0.05) is 12.5 Å². The molecule has 0 heterocycles. The van der Waals surface area contributed by atoms with Crippen molar-refractivity contribution in [2.24, 2.45) is 5.41 Å². The molecule has 18 heavy (non-hydrogen) atoms. The molecule has 0 spiro atoms. The van der Waals surface area contributed by atoms with Crippen LogP contribution in [0.15, 0.2) is 11.1 Å². The zero-order valence-electron chi connectivity index (χ0n) is 11.3. The van der Waals surface area contributed by atoms with E-state index in [1.54, 1.807) is 0 Å². The number of hydrogen-bond acceptors (Lipinski definition) is 3. The summed E-state index contributed by atoms with van der Waals surface area (Å²) >= 11 is 0. The third-order valence-corrected chi connectivity index (χ3v) is 4.47. The highest BCUT2D eigenvalue weighted by molar-refractivity contribution is 5.78. The topological polar surface area (TPSA) is 43.4 Å². The van der Waals surface area contributed by atoms with Crippen LogP contribution in [-0.2, 0) is 14.3 Å². The van der Waals surface area contributed by atoms with E-state index in [-0.39, 0.29) is 17.5 Å². The molecule has 0 N–H and O–H groups in total. The number of carbonyl (C=O) groups excluding carboxylic acids is 2. The summed E-state index contributed by atoms with van der Waals surface area (Å²) in [4.78, 5) is 22.5. The molecule has 2 aliphatic carbocycles. The van der Waals surface area contributed by atoms with Crippen LogP contribution in [-0.4, -0.2) is 18.4 Å². The lowest BCUT2D eigenvalue weighted by atomic mass is 9.68. The molecule has 0 aliphatic heterocycles. The molecule has 0 radical (unpaired) electrons. The maximum absolute atomic E-state index is 11.4. The molecule has 3 heteroatoms. The summed E-state index contributed by atoms with van der Waals surface area (Å²) in [7, 11) is 0. The van der Waals surface area contributed by atoms with E-state index in [1.807, 2.05) is 0 Å². The number of fused-ring (bicyclic) bond motifs is 1. The van der Waals surface area contributed by atoms with E-state index in [2.05, 4.69) is 6.92 Å². The van der Waals surface area contributed by atoms with Gasteiger partial charge in [-0.15, -0.1) is 0 Å². The molecular formula is C15H22O3. The molecule has 0 bridgehead atoms. The van der Waals surface area contributed by atoms with Crippen molar-refractivity contribution in [3.8, 4) is 0 Å². The van der Waals surface area contributed by atoms with Gasteiger partial charge in [0.05, 0.1) is 0 Å². The first-order valence-corrected chi connectivity index (χ1v) is 6.93. The summed E-state index contributed by atoms with van der Waals surface area (Å²) in [5.41, 5.74) is 2.16. The quantitative estimate of drug-likeness (QED) is 0.558. The zero-order valence-corrected chi connectivity index (χ0v) is 11.3. The van der Waals surface area contributed by atoms with Gasteiger partial charge in [-0.05, 0) is 37.5 Å². The predicted octanol–water partition coefficient (Wildman–Crippen LogP) is 3.18. The Balaban J connectivity index is 2.35. The van der Waals surface area contributed by atoms with Crippen LogP contribution in [0.5, 0.6) is 0 Å². The molecule has 0 aromatic carbocycles. The molecule has 0 aromatic heterocycles. The van der Waals surface area contributed by atoms with E-state index >= 15 is 0 Å². The maximum atomic E-state index is 11.4. The third kappa shape index (κ3) is 2.50. The monoisotopic (exact) mass is 250 g/mol. The van der Waals surface area contributed by atoms with Gasteiger partial charge >= 0.3 is 5.97 Å². The lowest BCUT2D eigenvalue weighted by Gasteiger charge is -2.39. The Labute approximate surface area is 109 Å². The first-order valence-electron chi connectivity index (χ1n) is 6.93. The number of ether oxygens (including phenoxy) is 1. The summed E-state index contributed by atoms with van der Waals surface area (Å²) in [6, 6.07) is 0. The Kier molecular flexibility index (Phi) is 3.88. The highest BCUT2D eigenvalue weighted by Gasteiger charge is 2.39. The smallest absolute Gasteiger partial charge is 0.303 e. The molecule has 2 aliphatic rings. The minimum atomic E-state index is -0.304. The second kappa shape index (κ2) is 5.25.